The lowest BCUT2D eigenvalue weighted by molar-refractivity contribution is 0.679. The fourth-order valence-corrected chi connectivity index (χ4v) is 1.88. The molecule has 2 rings (SSSR count). The summed E-state index contributed by atoms with van der Waals surface area (Å²) in [6, 6.07) is 4.18. The Labute approximate surface area is 86.6 Å². The van der Waals surface area contributed by atoms with E-state index in [4.69, 9.17) is 0 Å². The summed E-state index contributed by atoms with van der Waals surface area (Å²) < 4.78 is 1.71. The summed E-state index contributed by atoms with van der Waals surface area (Å²) >= 11 is 1.76. The van der Waals surface area contributed by atoms with Crippen LogP contribution in [0.1, 0.15) is 10.6 Å². The molecule has 5 heteroatoms. The molecule has 14 heavy (non-hydrogen) atoms. The van der Waals surface area contributed by atoms with Crippen molar-refractivity contribution in [2.24, 2.45) is 7.05 Å². The minimum Gasteiger partial charge on any atom is -0.306 e. The number of aryl methyl sites for hydroxylation is 1. The maximum atomic E-state index is 3.99. The van der Waals surface area contributed by atoms with Gasteiger partial charge in [-0.25, -0.2) is 0 Å². The van der Waals surface area contributed by atoms with Crippen LogP contribution in [0.3, 0.4) is 0 Å². The van der Waals surface area contributed by atoms with E-state index in [1.807, 2.05) is 13.2 Å². The van der Waals surface area contributed by atoms with Crippen LogP contribution in [-0.2, 0) is 20.1 Å². The normalized spacial score (nSPS) is 10.6. The van der Waals surface area contributed by atoms with E-state index in [0.29, 0.717) is 0 Å². The molecule has 1 N–H and O–H groups in total. The first-order chi connectivity index (χ1) is 6.84. The van der Waals surface area contributed by atoms with Crippen molar-refractivity contribution in [1.29, 1.82) is 0 Å². The van der Waals surface area contributed by atoms with Crippen LogP contribution < -0.4 is 5.32 Å². The van der Waals surface area contributed by atoms with Gasteiger partial charge in [-0.15, -0.1) is 16.4 Å². The van der Waals surface area contributed by atoms with Crippen molar-refractivity contribution in [2.75, 3.05) is 0 Å². The summed E-state index contributed by atoms with van der Waals surface area (Å²) in [7, 11) is 1.87. The van der Waals surface area contributed by atoms with Gasteiger partial charge in [0.2, 0.25) is 0 Å². The summed E-state index contributed by atoms with van der Waals surface area (Å²) in [6.07, 6.45) is 1.92. The fourth-order valence-electron chi connectivity index (χ4n) is 1.20. The van der Waals surface area contributed by atoms with Gasteiger partial charge in [0.25, 0.3) is 0 Å². The molecule has 2 aromatic rings. The van der Waals surface area contributed by atoms with Gasteiger partial charge in [-0.3, -0.25) is 4.68 Å². The molecule has 2 heterocycles. The monoisotopic (exact) mass is 208 g/mol. The predicted molar refractivity (Wildman–Crippen MR) is 55.9 cm³/mol. The summed E-state index contributed by atoms with van der Waals surface area (Å²) in [5, 5.41) is 13.2. The largest absolute Gasteiger partial charge is 0.306 e. The highest BCUT2D eigenvalue weighted by molar-refractivity contribution is 7.09. The van der Waals surface area contributed by atoms with E-state index < -0.39 is 0 Å². The molecule has 0 atom stereocenters. The number of nitrogens with one attached hydrogen (secondary N) is 1. The first kappa shape index (κ1) is 9.36. The smallest absolute Gasteiger partial charge is 0.0964 e. The molecule has 0 fully saturated rings. The van der Waals surface area contributed by atoms with Crippen molar-refractivity contribution in [3.63, 3.8) is 0 Å². The molecule has 0 unspecified atom stereocenters. The molecular weight excluding hydrogens is 196 g/mol. The van der Waals surface area contributed by atoms with Gasteiger partial charge in [-0.2, -0.15) is 0 Å². The van der Waals surface area contributed by atoms with Crippen LogP contribution in [-0.4, -0.2) is 15.0 Å². The Bertz CT molecular complexity index is 379. The summed E-state index contributed by atoms with van der Waals surface area (Å²) in [6.45, 7) is 1.67. The molecular formula is C9H12N4S. The predicted octanol–water partition coefficient (Wildman–Crippen LogP) is 1.17. The van der Waals surface area contributed by atoms with E-state index in [1.165, 1.54) is 4.88 Å². The first-order valence-corrected chi connectivity index (χ1v) is 5.31. The third kappa shape index (κ3) is 2.40. The summed E-state index contributed by atoms with van der Waals surface area (Å²) in [4.78, 5) is 1.34. The minimum atomic E-state index is 0.770. The molecule has 74 valence electrons. The number of rotatable bonds is 4. The number of hydrogen-bond donors (Lipinski definition) is 1. The Morgan fingerprint density at radius 2 is 2.43 bits per heavy atom. The number of hydrogen-bond acceptors (Lipinski definition) is 4. The lowest BCUT2D eigenvalue weighted by Crippen LogP contribution is -2.11. The van der Waals surface area contributed by atoms with E-state index in [0.717, 1.165) is 18.8 Å². The van der Waals surface area contributed by atoms with E-state index in [1.54, 1.807) is 16.0 Å². The fraction of sp³-hybridized carbons (Fsp3) is 0.333. The zero-order valence-electron chi connectivity index (χ0n) is 7.97. The second kappa shape index (κ2) is 4.34. The quantitative estimate of drug-likeness (QED) is 0.820. The zero-order valence-corrected chi connectivity index (χ0v) is 8.79. The van der Waals surface area contributed by atoms with Gasteiger partial charge < -0.3 is 5.32 Å². The number of thiophene rings is 1. The van der Waals surface area contributed by atoms with Crippen LogP contribution in [0.15, 0.2) is 23.7 Å². The van der Waals surface area contributed by atoms with Gasteiger partial charge >= 0.3 is 0 Å². The molecule has 0 aliphatic carbocycles. The standard InChI is InChI=1S/C9H12N4S/c1-13-7-8(11-12-13)5-10-6-9-3-2-4-14-9/h2-4,7,10H,5-6H2,1H3. The molecule has 0 saturated carbocycles. The van der Waals surface area contributed by atoms with E-state index in [9.17, 15) is 0 Å². The molecule has 0 saturated heterocycles. The Hall–Kier alpha value is -1.20. The van der Waals surface area contributed by atoms with Gasteiger partial charge in [-0.05, 0) is 11.4 Å². The molecule has 0 bridgehead atoms. The lowest BCUT2D eigenvalue weighted by Gasteiger charge is -1.98. The minimum absolute atomic E-state index is 0.770. The number of aromatic nitrogens is 3. The highest BCUT2D eigenvalue weighted by atomic mass is 32.1. The maximum absolute atomic E-state index is 3.99. The third-order valence-corrected chi connectivity index (χ3v) is 2.71. The second-order valence-electron chi connectivity index (χ2n) is 3.07. The topological polar surface area (TPSA) is 42.7 Å². The molecule has 4 nitrogen and oxygen atoms in total. The second-order valence-corrected chi connectivity index (χ2v) is 4.10. The Kier molecular flexibility index (Phi) is 2.90. The van der Waals surface area contributed by atoms with Crippen molar-refractivity contribution in [3.05, 3.63) is 34.3 Å². The van der Waals surface area contributed by atoms with Gasteiger partial charge in [0, 0.05) is 31.2 Å². The van der Waals surface area contributed by atoms with Crippen LogP contribution in [0.5, 0.6) is 0 Å². The van der Waals surface area contributed by atoms with E-state index in [2.05, 4.69) is 33.1 Å². The molecule has 0 aromatic carbocycles. The van der Waals surface area contributed by atoms with Crippen molar-refractivity contribution >= 4 is 11.3 Å². The van der Waals surface area contributed by atoms with E-state index >= 15 is 0 Å². The zero-order chi connectivity index (χ0) is 9.80. The van der Waals surface area contributed by atoms with E-state index in [-0.39, 0.29) is 0 Å². The number of nitrogens with zero attached hydrogens (tertiary/aromatic N) is 3. The van der Waals surface area contributed by atoms with Crippen molar-refractivity contribution < 1.29 is 0 Å². The van der Waals surface area contributed by atoms with Crippen molar-refractivity contribution in [2.45, 2.75) is 13.1 Å². The Morgan fingerprint density at radius 1 is 1.50 bits per heavy atom. The van der Waals surface area contributed by atoms with Crippen molar-refractivity contribution in [1.82, 2.24) is 20.3 Å². The Balaban J connectivity index is 1.78. The summed E-state index contributed by atoms with van der Waals surface area (Å²) in [5.74, 6) is 0. The van der Waals surface area contributed by atoms with Crippen LogP contribution in [0.4, 0.5) is 0 Å². The Morgan fingerprint density at radius 3 is 3.07 bits per heavy atom. The molecule has 0 spiro atoms. The van der Waals surface area contributed by atoms with Crippen LogP contribution in [0, 0.1) is 0 Å². The van der Waals surface area contributed by atoms with Gasteiger partial charge in [-0.1, -0.05) is 11.3 Å². The van der Waals surface area contributed by atoms with Gasteiger partial charge in [0.15, 0.2) is 0 Å². The van der Waals surface area contributed by atoms with Crippen molar-refractivity contribution in [3.8, 4) is 0 Å². The molecule has 0 amide bonds. The van der Waals surface area contributed by atoms with Gasteiger partial charge in [0.1, 0.15) is 0 Å². The lowest BCUT2D eigenvalue weighted by atomic mass is 10.4. The SMILES string of the molecule is Cn1cc(CNCc2cccs2)nn1. The molecule has 2 aromatic heterocycles. The maximum Gasteiger partial charge on any atom is 0.0964 e. The average Bonchev–Trinajstić information content (AvgIpc) is 2.77. The van der Waals surface area contributed by atoms with Crippen LogP contribution in [0.2, 0.25) is 0 Å². The molecule has 0 radical (unpaired) electrons. The summed E-state index contributed by atoms with van der Waals surface area (Å²) in [5.41, 5.74) is 0.976. The average molecular weight is 208 g/mol. The highest BCUT2D eigenvalue weighted by Gasteiger charge is 1.97. The highest BCUT2D eigenvalue weighted by Crippen LogP contribution is 2.07. The molecule has 0 aliphatic rings. The van der Waals surface area contributed by atoms with Crippen LogP contribution in [0.25, 0.3) is 0 Å². The molecule has 0 aliphatic heterocycles. The van der Waals surface area contributed by atoms with Gasteiger partial charge in [0.05, 0.1) is 5.69 Å². The van der Waals surface area contributed by atoms with Crippen LogP contribution >= 0.6 is 11.3 Å². The first-order valence-electron chi connectivity index (χ1n) is 4.43. The third-order valence-electron chi connectivity index (χ3n) is 1.84.